The Labute approximate surface area is 525 Å². The second-order valence-electron chi connectivity index (χ2n) is 25.7. The molecular weight excluding hydrogens is 1150 g/mol. The Morgan fingerprint density at radius 3 is 1.71 bits per heavy atom. The van der Waals surface area contributed by atoms with E-state index in [1.165, 1.54) is 56.7 Å². The zero-order valence-electron chi connectivity index (χ0n) is 53.8. The number of likely N-dealkylation sites (N-methyl/N-ethyl adjacent to an activating group) is 4. The van der Waals surface area contributed by atoms with Crippen LogP contribution in [0.2, 0.25) is 10.0 Å². The highest BCUT2D eigenvalue weighted by Crippen LogP contribution is 2.32. The van der Waals surface area contributed by atoms with Crippen molar-refractivity contribution in [1.29, 1.82) is 0 Å². The molecule has 2 aliphatic heterocycles. The lowest BCUT2D eigenvalue weighted by molar-refractivity contribution is -0.177. The molecule has 3 aromatic carbocycles. The van der Waals surface area contributed by atoms with Crippen LogP contribution in [0.5, 0.6) is 0 Å². The minimum atomic E-state index is -1.98. The van der Waals surface area contributed by atoms with Crippen molar-refractivity contribution in [3.05, 3.63) is 94.0 Å². The van der Waals surface area contributed by atoms with Crippen molar-refractivity contribution in [2.75, 3.05) is 34.7 Å². The maximum absolute atomic E-state index is 15.6. The number of fused-ring (bicyclic) bond motifs is 1. The van der Waals surface area contributed by atoms with Gasteiger partial charge in [-0.15, -0.1) is 0 Å². The number of nitrogens with zero attached hydrogens (tertiary/aromatic N) is 5. The normalized spacial score (nSPS) is 26.2. The van der Waals surface area contributed by atoms with Gasteiger partial charge in [0.2, 0.25) is 35.4 Å². The summed E-state index contributed by atoms with van der Waals surface area (Å²) in [5.41, 5.74) is 0.939. The number of carbonyl (C=O) groups is 8. The van der Waals surface area contributed by atoms with Crippen molar-refractivity contribution in [2.45, 2.75) is 194 Å². The fraction of sp³-hybridized carbons (Fsp3) is 0.606. The van der Waals surface area contributed by atoms with Crippen LogP contribution in [-0.4, -0.2) is 183 Å². The topological polar surface area (TPSA) is 239 Å². The van der Waals surface area contributed by atoms with Gasteiger partial charge in [-0.05, 0) is 104 Å². The van der Waals surface area contributed by atoms with Crippen molar-refractivity contribution in [1.82, 2.24) is 40.4 Å². The van der Waals surface area contributed by atoms with Crippen LogP contribution in [0.3, 0.4) is 0 Å². The molecule has 3 aromatic rings. The number of hydrogen-bond donors (Lipinski definition) is 5. The fourth-order valence-electron chi connectivity index (χ4n) is 12.1. The molecular formula is C66H96Cl2N8O11. The second kappa shape index (κ2) is 31.4. The van der Waals surface area contributed by atoms with Gasteiger partial charge >= 0.3 is 5.97 Å². The molecule has 7 amide bonds. The van der Waals surface area contributed by atoms with Crippen molar-refractivity contribution < 1.29 is 53.3 Å². The van der Waals surface area contributed by atoms with Crippen LogP contribution in [0.4, 0.5) is 0 Å². The van der Waals surface area contributed by atoms with Gasteiger partial charge in [-0.25, -0.2) is 4.79 Å². The maximum Gasteiger partial charge on any atom is 0.332 e. The maximum atomic E-state index is 15.6. The summed E-state index contributed by atoms with van der Waals surface area (Å²) < 4.78 is 6.13. The first kappa shape index (κ1) is 71.6. The molecule has 1 unspecified atom stereocenters. The zero-order valence-corrected chi connectivity index (χ0v) is 55.3. The van der Waals surface area contributed by atoms with Crippen LogP contribution >= 0.6 is 23.2 Å². The number of nitrogens with one attached hydrogen (secondary N) is 3. The van der Waals surface area contributed by atoms with E-state index < -0.39 is 137 Å². The lowest BCUT2D eigenvalue weighted by Gasteiger charge is -2.41. The predicted molar refractivity (Wildman–Crippen MR) is 338 cm³/mol. The number of carbonyl (C=O) groups excluding carboxylic acids is 8. The van der Waals surface area contributed by atoms with Crippen molar-refractivity contribution in [3.8, 4) is 11.1 Å². The lowest BCUT2D eigenvalue weighted by atomic mass is 9.93. The van der Waals surface area contributed by atoms with Gasteiger partial charge in [-0.1, -0.05) is 160 Å². The minimum absolute atomic E-state index is 0.0173. The summed E-state index contributed by atoms with van der Waals surface area (Å²) in [6.07, 6.45) is -1.42. The average molecular weight is 1250 g/mol. The van der Waals surface area contributed by atoms with Crippen LogP contribution in [0.15, 0.2) is 72.8 Å². The van der Waals surface area contributed by atoms with Gasteiger partial charge in [0.05, 0.1) is 27.7 Å². The molecule has 87 heavy (non-hydrogen) atoms. The van der Waals surface area contributed by atoms with Crippen LogP contribution in [0, 0.1) is 29.6 Å². The molecule has 480 valence electrons. The average Bonchev–Trinajstić information content (AvgIpc) is 2.68. The highest BCUT2D eigenvalue weighted by molar-refractivity contribution is 6.42. The first-order chi connectivity index (χ1) is 40.7. The first-order valence-electron chi connectivity index (χ1n) is 30.7. The monoisotopic (exact) mass is 1250 g/mol. The third kappa shape index (κ3) is 17.8. The molecule has 0 bridgehead atoms. The van der Waals surface area contributed by atoms with Crippen LogP contribution in [-0.2, 0) is 55.9 Å². The molecule has 5 rings (SSSR count). The highest BCUT2D eigenvalue weighted by Gasteiger charge is 2.48. The third-order valence-corrected chi connectivity index (χ3v) is 18.1. The molecule has 0 aromatic heterocycles. The summed E-state index contributed by atoms with van der Waals surface area (Å²) in [5.74, 6) is -8.17. The van der Waals surface area contributed by atoms with Crippen LogP contribution in [0.25, 0.3) is 11.1 Å². The van der Waals surface area contributed by atoms with Gasteiger partial charge in [-0.3, -0.25) is 38.5 Å². The van der Waals surface area contributed by atoms with E-state index in [1.54, 1.807) is 70.7 Å². The van der Waals surface area contributed by atoms with E-state index in [9.17, 15) is 24.6 Å². The number of cyclic esters (lactones) is 1. The Morgan fingerprint density at radius 1 is 0.609 bits per heavy atom. The Balaban J connectivity index is 1.73. The number of esters is 1. The Bertz CT molecular complexity index is 2890. The van der Waals surface area contributed by atoms with Crippen molar-refractivity contribution in [3.63, 3.8) is 0 Å². The highest BCUT2D eigenvalue weighted by atomic mass is 35.5. The van der Waals surface area contributed by atoms with Gasteiger partial charge in [0.25, 0.3) is 5.91 Å². The molecule has 12 atom stereocenters. The summed E-state index contributed by atoms with van der Waals surface area (Å²) in [4.78, 5) is 127. The lowest BCUT2D eigenvalue weighted by Crippen LogP contribution is -2.63. The number of rotatable bonds is 14. The largest absolute Gasteiger partial charge is 0.450 e. The van der Waals surface area contributed by atoms with Gasteiger partial charge in [0.15, 0.2) is 12.1 Å². The van der Waals surface area contributed by atoms with Crippen molar-refractivity contribution >= 4 is 70.5 Å². The van der Waals surface area contributed by atoms with E-state index in [4.69, 9.17) is 27.9 Å². The van der Waals surface area contributed by atoms with Gasteiger partial charge < -0.3 is 50.5 Å². The molecule has 19 nitrogen and oxygen atoms in total. The minimum Gasteiger partial charge on any atom is -0.450 e. The number of ether oxygens (including phenoxy) is 1. The van der Waals surface area contributed by atoms with Gasteiger partial charge in [-0.2, -0.15) is 0 Å². The quantitative estimate of drug-likeness (QED) is 0.101. The summed E-state index contributed by atoms with van der Waals surface area (Å²) in [7, 11) is 5.73. The standard InChI is InChI=1S/C66H96Cl2N8O11/c1-17-40(9)52-63(83)73(14)53(38(5)6)58(78)69-48(32-37(3)4)61(81)75(16)56(66(11,12)86)65(85)87-55(41(10)18-2)64(84)74(15)54(39(7)8)59(79)70-49(34-42-24-20-19-21-25-42)60(80)72(13)51(62(82)76-31-23-28-50(76)57(77)71-52)35-43-26-22-27-44(33-43)45-29-30-46(67)47(68)36-45/h19-22,24-27,29-30,33,36-41,48-56,62,82,86H,17-18,23,28,31-32,34-35H2,1-16H3,(H,69,78)(H,70,79)(H,71,77)/t40-,41-,48-,49-,50-,51-,52-,53-,54-,55+,56+,62?/m0/s1. The van der Waals surface area contributed by atoms with E-state index >= 15 is 24.0 Å². The van der Waals surface area contributed by atoms with E-state index in [0.29, 0.717) is 40.4 Å². The molecule has 2 aliphatic rings. The molecule has 2 heterocycles. The predicted octanol–water partition coefficient (Wildman–Crippen LogP) is 7.14. The Hall–Kier alpha value is -6.12. The molecule has 21 heteroatoms. The van der Waals surface area contributed by atoms with E-state index in [0.717, 1.165) is 16.0 Å². The van der Waals surface area contributed by atoms with E-state index in [-0.39, 0.29) is 38.1 Å². The second-order valence-corrected chi connectivity index (χ2v) is 26.5. The van der Waals surface area contributed by atoms with Crippen LogP contribution in [0.1, 0.15) is 126 Å². The molecule has 2 saturated heterocycles. The first-order valence-corrected chi connectivity index (χ1v) is 31.4. The summed E-state index contributed by atoms with van der Waals surface area (Å²) in [6, 6.07) is 11.8. The molecule has 0 spiro atoms. The number of benzene rings is 3. The smallest absolute Gasteiger partial charge is 0.332 e. The number of aliphatic hydroxyl groups excluding tert-OH is 1. The Kier molecular flexibility index (Phi) is 25.8. The zero-order chi connectivity index (χ0) is 65.1. The summed E-state index contributed by atoms with van der Waals surface area (Å²) in [6.45, 7) is 20.7. The molecule has 0 saturated carbocycles. The molecule has 2 fully saturated rings. The van der Waals surface area contributed by atoms with Crippen LogP contribution < -0.4 is 16.0 Å². The number of hydrogen-bond acceptors (Lipinski definition) is 12. The number of halogens is 2. The summed E-state index contributed by atoms with van der Waals surface area (Å²) in [5, 5.41) is 34.4. The van der Waals surface area contributed by atoms with E-state index in [2.05, 4.69) is 16.0 Å². The Morgan fingerprint density at radius 2 is 1.16 bits per heavy atom. The SMILES string of the molecule is CC[C@H](C)[C@@H]1NC(=O)[C@@H]2CCCN2C(O)[C@H](Cc2cccc(-c3ccc(Cl)c(Cl)c3)c2)N(C)C(=O)[C@H](Cc2ccccc2)NC(=O)[C@H](C(C)C)N(C)C(=O)[C@@H]([C@@H](C)CC)OC(=O)[C@H](C(C)(C)O)N(C)C(=O)[C@H](CC(C)C)NC(=O)[C@H](C(C)C)N(C)C1=O. The fourth-order valence-corrected chi connectivity index (χ4v) is 12.4. The molecule has 5 N–H and O–H groups in total. The van der Waals surface area contributed by atoms with E-state index in [1.807, 2.05) is 76.2 Å². The van der Waals surface area contributed by atoms with Gasteiger partial charge in [0, 0.05) is 47.1 Å². The number of amides is 7. The number of aliphatic hydroxyl groups is 2. The molecule has 0 radical (unpaired) electrons. The van der Waals surface area contributed by atoms with Gasteiger partial charge in [0.1, 0.15) is 36.4 Å². The molecule has 0 aliphatic carbocycles. The van der Waals surface area contributed by atoms with Crippen molar-refractivity contribution in [2.24, 2.45) is 29.6 Å². The summed E-state index contributed by atoms with van der Waals surface area (Å²) >= 11 is 12.8. The third-order valence-electron chi connectivity index (χ3n) is 17.4.